The van der Waals surface area contributed by atoms with Crippen LogP contribution in [0, 0.1) is 41.4 Å². The molecule has 250 valence electrons. The third-order valence-corrected chi connectivity index (χ3v) is 9.46. The molecule has 0 aromatic heterocycles. The van der Waals surface area contributed by atoms with Gasteiger partial charge in [-0.25, -0.2) is 0 Å². The van der Waals surface area contributed by atoms with Crippen molar-refractivity contribution in [1.29, 1.82) is 0 Å². The maximum Gasteiger partial charge on any atom is 1.00 e. The Kier molecular flexibility index (Phi) is 47.0. The first-order valence-electron chi connectivity index (χ1n) is 13.9. The van der Waals surface area contributed by atoms with Crippen LogP contribution >= 0.6 is 0 Å². The molecule has 1 aliphatic rings. The van der Waals surface area contributed by atoms with Gasteiger partial charge in [0.2, 0.25) is 5.91 Å². The van der Waals surface area contributed by atoms with Gasteiger partial charge in [0.1, 0.15) is 5.54 Å². The Labute approximate surface area is 481 Å². The van der Waals surface area contributed by atoms with E-state index in [2.05, 4.69) is 0 Å². The van der Waals surface area contributed by atoms with Crippen LogP contribution in [0.2, 0.25) is 6.04 Å². The van der Waals surface area contributed by atoms with Crippen LogP contribution in [-0.4, -0.2) is 85.4 Å². The smallest absolute Gasteiger partial charge is 0.881 e. The molecule has 0 aromatic rings. The molecular formula is C26H34N2Na8O15Si. The zero-order valence-corrected chi connectivity index (χ0v) is 49.8. The molecule has 0 aromatic carbocycles. The molecule has 0 aliphatic carbocycles. The van der Waals surface area contributed by atoms with E-state index in [4.69, 9.17) is 0 Å². The van der Waals surface area contributed by atoms with Gasteiger partial charge in [-0.05, 0) is 32.6 Å². The molecule has 2 amide bonds. The first-order chi connectivity index (χ1) is 20.2. The summed E-state index contributed by atoms with van der Waals surface area (Å²) in [7, 11) is -5.43. The Morgan fingerprint density at radius 3 is 1.38 bits per heavy atom. The zero-order chi connectivity index (χ0) is 34.5. The molecule has 26 heteroatoms. The number of carbonyl (C=O) groups excluding carboxylic acids is 7. The van der Waals surface area contributed by atoms with Crippen molar-refractivity contribution in [3.63, 3.8) is 0 Å². The molecule has 0 saturated carbocycles. The summed E-state index contributed by atoms with van der Waals surface area (Å²) in [5, 5.41) is 61.5. The number of hydrogen-bond acceptors (Lipinski definition) is 15. The number of hydrogen-bond donors (Lipinski definition) is 0. The number of carboxylic acids is 5. The van der Waals surface area contributed by atoms with Crippen molar-refractivity contribution in [1.82, 2.24) is 9.80 Å². The average molecular weight is 827 g/mol. The molecule has 1 heterocycles. The first-order valence-corrected chi connectivity index (χ1v) is 15.9. The van der Waals surface area contributed by atoms with Crippen molar-refractivity contribution >= 4 is 50.5 Å². The number of nitrogens with zero attached hydrogens (tertiary/aromatic N) is 2. The van der Waals surface area contributed by atoms with E-state index in [0.29, 0.717) is 4.90 Å². The minimum atomic E-state index is -5.43. The van der Waals surface area contributed by atoms with Crippen LogP contribution in [-0.2, 0) is 33.6 Å². The molecule has 52 heavy (non-hydrogen) atoms. The Morgan fingerprint density at radius 1 is 0.673 bits per heavy atom. The van der Waals surface area contributed by atoms with Crippen LogP contribution in [0.25, 0.3) is 0 Å². The van der Waals surface area contributed by atoms with Crippen molar-refractivity contribution in [2.75, 3.05) is 19.6 Å². The monoisotopic (exact) mass is 826 g/mol. The molecular weight excluding hydrogens is 792 g/mol. The number of amides is 2. The van der Waals surface area contributed by atoms with E-state index in [1.165, 1.54) is 20.8 Å². The summed E-state index contributed by atoms with van der Waals surface area (Å²) in [5.41, 5.74) is -2.77. The van der Waals surface area contributed by atoms with E-state index in [-0.39, 0.29) is 250 Å². The normalized spacial score (nSPS) is 18.0. The summed E-state index contributed by atoms with van der Waals surface area (Å²) >= 11 is 0. The van der Waals surface area contributed by atoms with Crippen molar-refractivity contribution in [3.05, 3.63) is 0 Å². The van der Waals surface area contributed by atoms with Gasteiger partial charge < -0.3 is 73.7 Å². The van der Waals surface area contributed by atoms with Gasteiger partial charge >= 0.3 is 236 Å². The van der Waals surface area contributed by atoms with Crippen molar-refractivity contribution < 1.29 is 310 Å². The number of carboxylic acid groups (broad SMARTS) is 5. The maximum atomic E-state index is 14.0. The van der Waals surface area contributed by atoms with E-state index >= 15 is 0 Å². The SMILES string of the molecule is CCC(C(=O)[O-])C1([C@@H](C(=O)[O-])C(C(=O)N(CC)CC)[C@@H](C(=O)[O-])[C@@H](C)[C@@H](C(=O)[O-])C(C)C(=O)[O-])C(=O)N1CCC[Si]([O-])([O-])[O-].[Na+].[Na+].[Na+].[Na+].[Na+].[Na+].[Na+].[Na+]. The largest absolute Gasteiger partial charge is 1.00 e. The van der Waals surface area contributed by atoms with E-state index < -0.39 is 123 Å². The molecule has 0 spiro atoms. The molecule has 0 N–H and O–H groups in total. The molecule has 0 radical (unpaired) electrons. The second-order valence-electron chi connectivity index (χ2n) is 10.8. The molecule has 1 fully saturated rings. The molecule has 17 nitrogen and oxygen atoms in total. The van der Waals surface area contributed by atoms with Crippen LogP contribution in [0.15, 0.2) is 0 Å². The second-order valence-corrected chi connectivity index (χ2v) is 12.7. The Morgan fingerprint density at radius 2 is 1.10 bits per heavy atom. The molecule has 8 atom stereocenters. The van der Waals surface area contributed by atoms with E-state index in [0.717, 1.165) is 18.7 Å². The molecule has 0 bridgehead atoms. The Hall–Kier alpha value is 4.39. The summed E-state index contributed by atoms with van der Waals surface area (Å²) in [5.74, 6) is -29.0. The van der Waals surface area contributed by atoms with Crippen molar-refractivity contribution in [3.8, 4) is 0 Å². The van der Waals surface area contributed by atoms with Crippen molar-refractivity contribution in [2.45, 2.75) is 59.0 Å². The number of carbonyl (C=O) groups is 7. The Bertz CT molecular complexity index is 1170. The summed E-state index contributed by atoms with van der Waals surface area (Å²) in [4.78, 5) is 124. The van der Waals surface area contributed by atoms with Crippen LogP contribution in [0.5, 0.6) is 0 Å². The van der Waals surface area contributed by atoms with Crippen LogP contribution in [0.1, 0.15) is 47.5 Å². The topological polar surface area (TPSA) is 310 Å². The fraction of sp³-hybridized carbons (Fsp3) is 0.731. The summed E-state index contributed by atoms with van der Waals surface area (Å²) in [6.07, 6.45) is -1.11. The van der Waals surface area contributed by atoms with Gasteiger partial charge in [0.15, 0.2) is 0 Å². The van der Waals surface area contributed by atoms with Crippen LogP contribution < -0.4 is 276 Å². The quantitative estimate of drug-likeness (QED) is 0.0813. The summed E-state index contributed by atoms with van der Waals surface area (Å²) in [6, 6.07) is -1.00. The third-order valence-electron chi connectivity index (χ3n) is 8.50. The average Bonchev–Trinajstić information content (AvgIpc) is 3.44. The first kappa shape index (κ1) is 73.9. The Balaban J connectivity index is -0.000000403. The van der Waals surface area contributed by atoms with Crippen LogP contribution in [0.4, 0.5) is 0 Å². The standard InChI is InChI=1S/C26H39N2O15Si.8Na/c1-6-14(21(32)33)26(25(40)28(26)10-9-11-44(41,42)43)18(24(38)39)17(19(29)27(7-2)8-3)16(23(36)37)12(4)15(22(34)35)13(5)20(30)31;;;;;;;;/h12-18H,6-11H2,1-5H3,(H,30,31)(H,32,33)(H,34,35)(H,36,37)(H,38,39);;;;;;;;/q-3;8*+1/p-5/t12-,13?,14?,15+,16-,17?,18+,26?,28?;;;;;;;;/m0......../s1. The molecule has 4 unspecified atom stereocenters. The summed E-state index contributed by atoms with van der Waals surface area (Å²) < 4.78 is 0. The van der Waals surface area contributed by atoms with Gasteiger partial charge in [-0.2, -0.15) is 0 Å². The molecule has 1 saturated heterocycles. The van der Waals surface area contributed by atoms with Crippen molar-refractivity contribution in [2.24, 2.45) is 41.4 Å². The van der Waals surface area contributed by atoms with E-state index in [1.54, 1.807) is 0 Å². The van der Waals surface area contributed by atoms with Gasteiger partial charge in [-0.1, -0.05) is 20.8 Å². The number of aliphatic carboxylic acids is 5. The van der Waals surface area contributed by atoms with Gasteiger partial charge in [0.05, 0.1) is 5.92 Å². The molecule has 1 aliphatic heterocycles. The minimum absolute atomic E-state index is 0. The van der Waals surface area contributed by atoms with Gasteiger partial charge in [0, 0.05) is 79.1 Å². The van der Waals surface area contributed by atoms with Gasteiger partial charge in [-0.3, -0.25) is 18.4 Å². The van der Waals surface area contributed by atoms with E-state index in [9.17, 15) is 73.5 Å². The second kappa shape index (κ2) is 33.1. The minimum Gasteiger partial charge on any atom is -0.881 e. The third kappa shape index (κ3) is 18.6. The molecule has 1 rings (SSSR count). The summed E-state index contributed by atoms with van der Waals surface area (Å²) in [6.45, 7) is 4.71. The zero-order valence-electron chi connectivity index (χ0n) is 32.8. The fourth-order valence-electron chi connectivity index (χ4n) is 6.33. The van der Waals surface area contributed by atoms with Gasteiger partial charge in [-0.15, -0.1) is 6.04 Å². The maximum absolute atomic E-state index is 14.0. The predicted octanol–water partition coefficient (Wildman–Crippen LogP) is -33.6. The predicted molar refractivity (Wildman–Crippen MR) is 129 cm³/mol. The number of rotatable bonds is 20. The van der Waals surface area contributed by atoms with E-state index in [1.807, 2.05) is 0 Å². The fourth-order valence-corrected chi connectivity index (χ4v) is 6.92. The van der Waals surface area contributed by atoms with Crippen LogP contribution in [0.3, 0.4) is 0 Å². The van der Waals surface area contributed by atoms with Gasteiger partial charge in [0.25, 0.3) is 5.91 Å².